The summed E-state index contributed by atoms with van der Waals surface area (Å²) in [6.07, 6.45) is 1.95. The summed E-state index contributed by atoms with van der Waals surface area (Å²) in [6.45, 7) is 6.62. The second kappa shape index (κ2) is 7.25. The minimum absolute atomic E-state index is 0.0198. The topological polar surface area (TPSA) is 49.9 Å². The van der Waals surface area contributed by atoms with Gasteiger partial charge in [-0.05, 0) is 50.3 Å². The second-order valence-corrected chi connectivity index (χ2v) is 8.10. The molecule has 2 aliphatic rings. The largest absolute Gasteiger partial charge is 0.444 e. The van der Waals surface area contributed by atoms with Crippen LogP contribution in [0, 0.1) is 0 Å². The van der Waals surface area contributed by atoms with Crippen LogP contribution in [0.15, 0.2) is 18.2 Å². The van der Waals surface area contributed by atoms with Crippen molar-refractivity contribution < 1.29 is 18.7 Å². The third kappa shape index (κ3) is 4.00. The number of fused-ring (bicyclic) bond motifs is 1. The summed E-state index contributed by atoms with van der Waals surface area (Å²) in [5, 5.41) is 0. The van der Waals surface area contributed by atoms with Crippen LogP contribution in [-0.2, 0) is 29.2 Å². The van der Waals surface area contributed by atoms with E-state index < -0.39 is 24.4 Å². The molecule has 0 bridgehead atoms. The van der Waals surface area contributed by atoms with E-state index in [1.54, 1.807) is 32.9 Å². The highest BCUT2D eigenvalue weighted by atomic mass is 19.1. The standard InChI is InChI=1S/C20H27FN2O3/c1-20(2,3)26-19(25)23-13-16-10-14(12-21)6-7-15(16)11-17(23)18(24)22-8-4-5-9-22/h6-7,10,17H,4-5,8-9,11-13H2,1-3H3. The van der Waals surface area contributed by atoms with E-state index in [0.717, 1.165) is 37.1 Å². The fraction of sp³-hybridized carbons (Fsp3) is 0.600. The Morgan fingerprint density at radius 3 is 2.50 bits per heavy atom. The van der Waals surface area contributed by atoms with Gasteiger partial charge in [-0.2, -0.15) is 0 Å². The van der Waals surface area contributed by atoms with E-state index in [-0.39, 0.29) is 12.5 Å². The molecule has 0 aliphatic carbocycles. The van der Waals surface area contributed by atoms with E-state index in [9.17, 15) is 14.0 Å². The SMILES string of the molecule is CC(C)(C)OC(=O)N1Cc2cc(CF)ccc2CC1C(=O)N1CCCC1. The molecule has 0 aromatic heterocycles. The zero-order chi connectivity index (χ0) is 18.9. The van der Waals surface area contributed by atoms with Crippen molar-refractivity contribution >= 4 is 12.0 Å². The number of hydrogen-bond donors (Lipinski definition) is 0. The van der Waals surface area contributed by atoms with Gasteiger partial charge in [-0.1, -0.05) is 18.2 Å². The van der Waals surface area contributed by atoms with Crippen LogP contribution in [-0.4, -0.2) is 46.5 Å². The first-order chi connectivity index (χ1) is 12.3. The van der Waals surface area contributed by atoms with Gasteiger partial charge in [-0.25, -0.2) is 9.18 Å². The molecule has 3 rings (SSSR count). The van der Waals surface area contributed by atoms with Crippen LogP contribution in [0.5, 0.6) is 0 Å². The monoisotopic (exact) mass is 362 g/mol. The van der Waals surface area contributed by atoms with Crippen molar-refractivity contribution in [1.29, 1.82) is 0 Å². The summed E-state index contributed by atoms with van der Waals surface area (Å²) in [6, 6.07) is 4.84. The number of alkyl halides is 1. The Labute approximate surface area is 154 Å². The highest BCUT2D eigenvalue weighted by molar-refractivity contribution is 5.87. The number of nitrogens with zero attached hydrogens (tertiary/aromatic N) is 2. The molecule has 2 aliphatic heterocycles. The first-order valence-corrected chi connectivity index (χ1v) is 9.23. The summed E-state index contributed by atoms with van der Waals surface area (Å²) < 4.78 is 18.6. The van der Waals surface area contributed by atoms with Crippen molar-refractivity contribution in [3.05, 3.63) is 34.9 Å². The van der Waals surface area contributed by atoms with Gasteiger partial charge in [0.25, 0.3) is 0 Å². The van der Waals surface area contributed by atoms with Gasteiger partial charge >= 0.3 is 6.09 Å². The van der Waals surface area contributed by atoms with Gasteiger partial charge in [0.15, 0.2) is 0 Å². The van der Waals surface area contributed by atoms with Crippen LogP contribution in [0.3, 0.4) is 0 Å². The van der Waals surface area contributed by atoms with Gasteiger partial charge < -0.3 is 9.64 Å². The maximum atomic E-state index is 13.0. The van der Waals surface area contributed by atoms with Crippen molar-refractivity contribution in [3.63, 3.8) is 0 Å². The smallest absolute Gasteiger partial charge is 0.411 e. The fourth-order valence-electron chi connectivity index (χ4n) is 3.60. The van der Waals surface area contributed by atoms with Gasteiger partial charge in [0.05, 0.1) is 6.54 Å². The number of likely N-dealkylation sites (tertiary alicyclic amines) is 1. The Kier molecular flexibility index (Phi) is 5.21. The molecule has 0 spiro atoms. The molecule has 5 nitrogen and oxygen atoms in total. The lowest BCUT2D eigenvalue weighted by molar-refractivity contribution is -0.136. The van der Waals surface area contributed by atoms with Gasteiger partial charge in [-0.3, -0.25) is 9.69 Å². The van der Waals surface area contributed by atoms with E-state index in [2.05, 4.69) is 0 Å². The maximum absolute atomic E-state index is 13.0. The van der Waals surface area contributed by atoms with Crippen LogP contribution in [0.2, 0.25) is 0 Å². The highest BCUT2D eigenvalue weighted by Crippen LogP contribution is 2.28. The zero-order valence-electron chi connectivity index (χ0n) is 15.8. The lowest BCUT2D eigenvalue weighted by Gasteiger charge is -2.38. The Balaban J connectivity index is 1.90. The molecular weight excluding hydrogens is 335 g/mol. The molecular formula is C20H27FN2O3. The highest BCUT2D eigenvalue weighted by Gasteiger charge is 2.39. The lowest BCUT2D eigenvalue weighted by Crippen LogP contribution is -2.54. The third-order valence-corrected chi connectivity index (χ3v) is 4.89. The van der Waals surface area contributed by atoms with E-state index in [1.807, 2.05) is 11.0 Å². The number of benzene rings is 1. The molecule has 0 radical (unpaired) electrons. The van der Waals surface area contributed by atoms with Crippen molar-refractivity contribution in [2.75, 3.05) is 13.1 Å². The molecule has 0 saturated carbocycles. The van der Waals surface area contributed by atoms with E-state index >= 15 is 0 Å². The number of rotatable bonds is 2. The van der Waals surface area contributed by atoms with Crippen LogP contribution >= 0.6 is 0 Å². The first kappa shape index (κ1) is 18.7. The minimum atomic E-state index is -0.639. The zero-order valence-corrected chi connectivity index (χ0v) is 15.8. The summed E-state index contributed by atoms with van der Waals surface area (Å²) in [5.74, 6) is -0.0198. The third-order valence-electron chi connectivity index (χ3n) is 4.89. The Bertz CT molecular complexity index is 693. The number of halogens is 1. The molecule has 2 amide bonds. The predicted octanol–water partition coefficient (Wildman–Crippen LogP) is 3.44. The molecule has 1 fully saturated rings. The number of carbonyl (C=O) groups is 2. The van der Waals surface area contributed by atoms with Gasteiger partial charge in [-0.15, -0.1) is 0 Å². The average molecular weight is 362 g/mol. The van der Waals surface area contributed by atoms with Crippen molar-refractivity contribution in [1.82, 2.24) is 9.80 Å². The quantitative estimate of drug-likeness (QED) is 0.810. The summed E-state index contributed by atoms with van der Waals surface area (Å²) >= 11 is 0. The summed E-state index contributed by atoms with van der Waals surface area (Å²) in [7, 11) is 0. The van der Waals surface area contributed by atoms with E-state index in [1.165, 1.54) is 4.90 Å². The Morgan fingerprint density at radius 2 is 1.88 bits per heavy atom. The number of carbonyl (C=O) groups excluding carboxylic acids is 2. The first-order valence-electron chi connectivity index (χ1n) is 9.23. The molecule has 142 valence electrons. The van der Waals surface area contributed by atoms with E-state index in [4.69, 9.17) is 4.74 Å². The molecule has 1 unspecified atom stereocenters. The van der Waals surface area contributed by atoms with Crippen LogP contribution in [0.4, 0.5) is 9.18 Å². The molecule has 0 N–H and O–H groups in total. The van der Waals surface area contributed by atoms with Crippen molar-refractivity contribution in [3.8, 4) is 0 Å². The number of amides is 2. The molecule has 26 heavy (non-hydrogen) atoms. The van der Waals surface area contributed by atoms with Crippen molar-refractivity contribution in [2.45, 2.75) is 64.9 Å². The number of ether oxygens (including phenoxy) is 1. The molecule has 6 heteroatoms. The normalized spacial score (nSPS) is 20.1. The maximum Gasteiger partial charge on any atom is 0.411 e. The minimum Gasteiger partial charge on any atom is -0.444 e. The average Bonchev–Trinajstić information content (AvgIpc) is 3.12. The van der Waals surface area contributed by atoms with Gasteiger partial charge in [0.1, 0.15) is 18.3 Å². The number of hydrogen-bond acceptors (Lipinski definition) is 3. The van der Waals surface area contributed by atoms with Crippen LogP contribution in [0.25, 0.3) is 0 Å². The molecule has 2 heterocycles. The molecule has 1 aromatic carbocycles. The van der Waals surface area contributed by atoms with E-state index in [0.29, 0.717) is 12.0 Å². The van der Waals surface area contributed by atoms with Crippen LogP contribution < -0.4 is 0 Å². The lowest BCUT2D eigenvalue weighted by atomic mass is 9.92. The molecule has 1 aromatic rings. The van der Waals surface area contributed by atoms with Crippen LogP contribution in [0.1, 0.15) is 50.3 Å². The van der Waals surface area contributed by atoms with Gasteiger partial charge in [0, 0.05) is 19.5 Å². The molecule has 1 atom stereocenters. The Hall–Kier alpha value is -2.11. The van der Waals surface area contributed by atoms with Crippen molar-refractivity contribution in [2.24, 2.45) is 0 Å². The predicted molar refractivity (Wildman–Crippen MR) is 96.3 cm³/mol. The fourth-order valence-corrected chi connectivity index (χ4v) is 3.60. The summed E-state index contributed by atoms with van der Waals surface area (Å²) in [5.41, 5.74) is 1.83. The summed E-state index contributed by atoms with van der Waals surface area (Å²) in [4.78, 5) is 29.1. The Morgan fingerprint density at radius 1 is 1.19 bits per heavy atom. The molecule has 1 saturated heterocycles. The second-order valence-electron chi connectivity index (χ2n) is 8.10. The van der Waals surface area contributed by atoms with Gasteiger partial charge in [0.2, 0.25) is 5.91 Å².